The highest BCUT2D eigenvalue weighted by atomic mass is 16.5. The van der Waals surface area contributed by atoms with E-state index in [0.717, 1.165) is 12.8 Å². The summed E-state index contributed by atoms with van der Waals surface area (Å²) in [6.07, 6.45) is 2.14. The third-order valence-electron chi connectivity index (χ3n) is 1.60. The molecule has 3 heteroatoms. The van der Waals surface area contributed by atoms with Gasteiger partial charge < -0.3 is 10.5 Å². The van der Waals surface area contributed by atoms with Gasteiger partial charge in [-0.2, -0.15) is 0 Å². The summed E-state index contributed by atoms with van der Waals surface area (Å²) in [5.74, 6) is -0.233. The van der Waals surface area contributed by atoms with Crippen molar-refractivity contribution in [1.82, 2.24) is 0 Å². The van der Waals surface area contributed by atoms with E-state index in [0.29, 0.717) is 6.42 Å². The molecule has 11 heavy (non-hydrogen) atoms. The number of methoxy groups -OCH3 is 1. The summed E-state index contributed by atoms with van der Waals surface area (Å²) < 4.78 is 4.51. The van der Waals surface area contributed by atoms with Crippen LogP contribution in [0, 0.1) is 0 Å². The van der Waals surface area contributed by atoms with Crippen molar-refractivity contribution in [3.63, 3.8) is 0 Å². The van der Waals surface area contributed by atoms with Crippen LogP contribution in [0.1, 0.15) is 33.1 Å². The number of carbonyl (C=O) groups excluding carboxylic acids is 1. The summed E-state index contributed by atoms with van der Waals surface area (Å²) in [5.41, 5.74) is 5.40. The van der Waals surface area contributed by atoms with Gasteiger partial charge in [-0.15, -0.1) is 0 Å². The third-order valence-corrected chi connectivity index (χ3v) is 1.60. The highest BCUT2D eigenvalue weighted by Crippen LogP contribution is 2.13. The molecule has 0 saturated heterocycles. The molecule has 0 amide bonds. The monoisotopic (exact) mass is 159 g/mol. The first-order valence-corrected chi connectivity index (χ1v) is 3.87. The lowest BCUT2D eigenvalue weighted by Gasteiger charge is -2.21. The molecule has 0 aliphatic carbocycles. The van der Waals surface area contributed by atoms with Gasteiger partial charge in [-0.25, -0.2) is 0 Å². The molecule has 66 valence electrons. The molecule has 0 aromatic rings. The molecule has 0 spiro atoms. The van der Waals surface area contributed by atoms with E-state index < -0.39 is 5.54 Å². The first-order chi connectivity index (χ1) is 5.02. The van der Waals surface area contributed by atoms with E-state index in [1.54, 1.807) is 0 Å². The average Bonchev–Trinajstić information content (AvgIpc) is 1.86. The Morgan fingerprint density at radius 2 is 2.18 bits per heavy atom. The van der Waals surface area contributed by atoms with Crippen molar-refractivity contribution < 1.29 is 9.53 Å². The Morgan fingerprint density at radius 3 is 2.55 bits per heavy atom. The van der Waals surface area contributed by atoms with E-state index in [-0.39, 0.29) is 5.97 Å². The highest BCUT2D eigenvalue weighted by Gasteiger charge is 2.21. The molecule has 1 unspecified atom stereocenters. The standard InChI is InChI=1S/C8H17NO2/c1-4-5-8(2,9)6-7(10)11-3/h4-6,9H2,1-3H3. The maximum atomic E-state index is 10.8. The third kappa shape index (κ3) is 4.79. The minimum atomic E-state index is -0.401. The van der Waals surface area contributed by atoms with Gasteiger partial charge in [0.15, 0.2) is 0 Å². The molecule has 0 aromatic carbocycles. The molecule has 2 N–H and O–H groups in total. The number of rotatable bonds is 4. The summed E-state index contributed by atoms with van der Waals surface area (Å²) in [4.78, 5) is 10.8. The predicted octanol–water partition coefficient (Wildman–Crippen LogP) is 1.07. The summed E-state index contributed by atoms with van der Waals surface area (Å²) in [7, 11) is 1.38. The number of ether oxygens (including phenoxy) is 1. The zero-order chi connectivity index (χ0) is 8.91. The van der Waals surface area contributed by atoms with E-state index in [1.165, 1.54) is 7.11 Å². The topological polar surface area (TPSA) is 52.3 Å². The van der Waals surface area contributed by atoms with Crippen molar-refractivity contribution in [2.75, 3.05) is 7.11 Å². The molecular formula is C8H17NO2. The second-order valence-corrected chi connectivity index (χ2v) is 3.16. The zero-order valence-corrected chi connectivity index (χ0v) is 7.52. The lowest BCUT2D eigenvalue weighted by atomic mass is 9.94. The average molecular weight is 159 g/mol. The summed E-state index contributed by atoms with van der Waals surface area (Å²) in [6, 6.07) is 0. The van der Waals surface area contributed by atoms with Gasteiger partial charge in [-0.3, -0.25) is 4.79 Å². The molecule has 1 atom stereocenters. The van der Waals surface area contributed by atoms with Crippen molar-refractivity contribution in [2.45, 2.75) is 38.6 Å². The molecule has 0 aliphatic rings. The normalized spacial score (nSPS) is 15.6. The molecular weight excluding hydrogens is 142 g/mol. The maximum absolute atomic E-state index is 10.8. The summed E-state index contributed by atoms with van der Waals surface area (Å²) in [6.45, 7) is 3.91. The second kappa shape index (κ2) is 4.34. The van der Waals surface area contributed by atoms with Crippen LogP contribution in [0.4, 0.5) is 0 Å². The van der Waals surface area contributed by atoms with Gasteiger partial charge >= 0.3 is 5.97 Å². The van der Waals surface area contributed by atoms with E-state index >= 15 is 0 Å². The van der Waals surface area contributed by atoms with Gasteiger partial charge in [-0.1, -0.05) is 13.3 Å². The summed E-state index contributed by atoms with van der Waals surface area (Å²) >= 11 is 0. The predicted molar refractivity (Wildman–Crippen MR) is 44.1 cm³/mol. The van der Waals surface area contributed by atoms with Crippen LogP contribution in [-0.4, -0.2) is 18.6 Å². The van der Waals surface area contributed by atoms with Crippen LogP contribution >= 0.6 is 0 Å². The van der Waals surface area contributed by atoms with E-state index in [2.05, 4.69) is 4.74 Å². The minimum Gasteiger partial charge on any atom is -0.469 e. The Labute approximate surface area is 67.9 Å². The molecule has 0 aliphatic heterocycles. The van der Waals surface area contributed by atoms with Crippen molar-refractivity contribution in [3.05, 3.63) is 0 Å². The molecule has 0 radical (unpaired) electrons. The fourth-order valence-electron chi connectivity index (χ4n) is 1.06. The summed E-state index contributed by atoms with van der Waals surface area (Å²) in [5, 5.41) is 0. The smallest absolute Gasteiger partial charge is 0.307 e. The Morgan fingerprint density at radius 1 is 1.64 bits per heavy atom. The van der Waals surface area contributed by atoms with Crippen LogP contribution < -0.4 is 5.73 Å². The van der Waals surface area contributed by atoms with Crippen LogP contribution in [0.25, 0.3) is 0 Å². The van der Waals surface area contributed by atoms with Gasteiger partial charge in [0.1, 0.15) is 0 Å². The van der Waals surface area contributed by atoms with Crippen LogP contribution in [0.5, 0.6) is 0 Å². The number of hydrogen-bond donors (Lipinski definition) is 1. The van der Waals surface area contributed by atoms with Crippen molar-refractivity contribution in [2.24, 2.45) is 5.73 Å². The number of carbonyl (C=O) groups is 1. The molecule has 3 nitrogen and oxygen atoms in total. The molecule has 0 saturated carbocycles. The highest BCUT2D eigenvalue weighted by molar-refractivity contribution is 5.70. The fourth-order valence-corrected chi connectivity index (χ4v) is 1.06. The minimum absolute atomic E-state index is 0.233. The van der Waals surface area contributed by atoms with Crippen molar-refractivity contribution in [1.29, 1.82) is 0 Å². The van der Waals surface area contributed by atoms with Crippen molar-refractivity contribution in [3.8, 4) is 0 Å². The van der Waals surface area contributed by atoms with Crippen molar-refractivity contribution >= 4 is 5.97 Å². The number of hydrogen-bond acceptors (Lipinski definition) is 3. The van der Waals surface area contributed by atoms with Crippen LogP contribution in [-0.2, 0) is 9.53 Å². The maximum Gasteiger partial charge on any atom is 0.307 e. The molecule has 0 aromatic heterocycles. The van der Waals surface area contributed by atoms with Crippen LogP contribution in [0.2, 0.25) is 0 Å². The lowest BCUT2D eigenvalue weighted by Crippen LogP contribution is -2.38. The fraction of sp³-hybridized carbons (Fsp3) is 0.875. The van der Waals surface area contributed by atoms with E-state index in [9.17, 15) is 4.79 Å². The molecule has 0 bridgehead atoms. The van der Waals surface area contributed by atoms with Gasteiger partial charge in [0, 0.05) is 5.54 Å². The lowest BCUT2D eigenvalue weighted by molar-refractivity contribution is -0.141. The Bertz CT molecular complexity index is 132. The largest absolute Gasteiger partial charge is 0.469 e. The van der Waals surface area contributed by atoms with Crippen LogP contribution in [0.3, 0.4) is 0 Å². The first kappa shape index (κ1) is 10.4. The zero-order valence-electron chi connectivity index (χ0n) is 7.52. The number of nitrogens with two attached hydrogens (primary N) is 1. The Kier molecular flexibility index (Phi) is 4.11. The number of esters is 1. The van der Waals surface area contributed by atoms with E-state index in [4.69, 9.17) is 5.73 Å². The quantitative estimate of drug-likeness (QED) is 0.624. The van der Waals surface area contributed by atoms with Gasteiger partial charge in [0.2, 0.25) is 0 Å². The van der Waals surface area contributed by atoms with Gasteiger partial charge in [-0.05, 0) is 13.3 Å². The van der Waals surface area contributed by atoms with E-state index in [1.807, 2.05) is 13.8 Å². The first-order valence-electron chi connectivity index (χ1n) is 3.87. The van der Waals surface area contributed by atoms with Gasteiger partial charge in [0.25, 0.3) is 0 Å². The molecule has 0 heterocycles. The van der Waals surface area contributed by atoms with Crippen LogP contribution in [0.15, 0.2) is 0 Å². The molecule has 0 rings (SSSR count). The molecule has 0 fully saturated rings. The SMILES string of the molecule is CCCC(C)(N)CC(=O)OC. The Balaban J connectivity index is 3.80. The Hall–Kier alpha value is -0.570. The second-order valence-electron chi connectivity index (χ2n) is 3.16. The van der Waals surface area contributed by atoms with Gasteiger partial charge in [0.05, 0.1) is 13.5 Å².